The lowest BCUT2D eigenvalue weighted by molar-refractivity contribution is -0.157. The van der Waals surface area contributed by atoms with Crippen molar-refractivity contribution in [2.75, 3.05) is 6.61 Å². The Bertz CT molecular complexity index is 483. The van der Waals surface area contributed by atoms with Crippen LogP contribution in [0, 0.1) is 5.92 Å². The smallest absolute Gasteiger partial charge is 0.312 e. The number of carbonyl (C=O) groups is 2. The molecule has 1 aromatic carbocycles. The number of aryl methyl sites for hydroxylation is 1. The zero-order valence-corrected chi connectivity index (χ0v) is 11.7. The predicted molar refractivity (Wildman–Crippen MR) is 74.1 cm³/mol. The Morgan fingerprint density at radius 2 is 2.10 bits per heavy atom. The van der Waals surface area contributed by atoms with Gasteiger partial charge in [-0.25, -0.2) is 0 Å². The number of hydrogen-bond acceptors (Lipinski definition) is 4. The van der Waals surface area contributed by atoms with Crippen LogP contribution in [0.1, 0.15) is 31.7 Å². The Morgan fingerprint density at radius 3 is 2.65 bits per heavy atom. The number of carbonyl (C=O) groups excluding carboxylic acids is 2. The molecule has 0 aromatic heterocycles. The first-order valence-corrected chi connectivity index (χ1v) is 7.04. The topological polar surface area (TPSA) is 63.6 Å². The predicted octanol–water partition coefficient (Wildman–Crippen LogP) is 1.89. The van der Waals surface area contributed by atoms with Crippen LogP contribution in [0.25, 0.3) is 0 Å². The second kappa shape index (κ2) is 6.18. The Balaban J connectivity index is 2.15. The average molecular weight is 276 g/mol. The van der Waals surface area contributed by atoms with Crippen molar-refractivity contribution in [2.45, 2.75) is 38.2 Å². The average Bonchev–Trinajstić information content (AvgIpc) is 2.91. The molecule has 4 heteroatoms. The number of cyclic esters (lactones) is 1. The summed E-state index contributed by atoms with van der Waals surface area (Å²) in [6.45, 7) is 1.99. The molecule has 4 nitrogen and oxygen atoms in total. The fraction of sp³-hybridized carbons (Fsp3) is 0.500. The fourth-order valence-electron chi connectivity index (χ4n) is 2.72. The minimum Gasteiger partial charge on any atom is -0.465 e. The van der Waals surface area contributed by atoms with Crippen molar-refractivity contribution < 1.29 is 19.4 Å². The van der Waals surface area contributed by atoms with E-state index in [4.69, 9.17) is 4.74 Å². The first-order valence-electron chi connectivity index (χ1n) is 7.04. The van der Waals surface area contributed by atoms with Crippen molar-refractivity contribution in [1.82, 2.24) is 0 Å². The van der Waals surface area contributed by atoms with Crippen molar-refractivity contribution >= 4 is 11.8 Å². The number of ether oxygens (including phenoxy) is 1. The van der Waals surface area contributed by atoms with Crippen LogP contribution in [0.4, 0.5) is 0 Å². The maximum Gasteiger partial charge on any atom is 0.312 e. The van der Waals surface area contributed by atoms with Crippen molar-refractivity contribution in [1.29, 1.82) is 0 Å². The van der Waals surface area contributed by atoms with Crippen LogP contribution in [-0.2, 0) is 20.7 Å². The second-order valence-corrected chi connectivity index (χ2v) is 5.20. The highest BCUT2D eigenvalue weighted by molar-refractivity contribution is 5.92. The van der Waals surface area contributed by atoms with Gasteiger partial charge in [0, 0.05) is 6.42 Å². The monoisotopic (exact) mass is 276 g/mol. The van der Waals surface area contributed by atoms with Gasteiger partial charge in [-0.1, -0.05) is 37.3 Å². The molecular weight excluding hydrogens is 256 g/mol. The molecule has 0 bridgehead atoms. The fourth-order valence-corrected chi connectivity index (χ4v) is 2.72. The zero-order valence-electron chi connectivity index (χ0n) is 11.7. The van der Waals surface area contributed by atoms with E-state index in [1.165, 1.54) is 0 Å². The van der Waals surface area contributed by atoms with Crippen LogP contribution in [0.15, 0.2) is 30.3 Å². The summed E-state index contributed by atoms with van der Waals surface area (Å²) in [4.78, 5) is 23.8. The van der Waals surface area contributed by atoms with E-state index >= 15 is 0 Å². The minimum absolute atomic E-state index is 0.217. The van der Waals surface area contributed by atoms with Gasteiger partial charge >= 0.3 is 5.97 Å². The maximum atomic E-state index is 12.1. The van der Waals surface area contributed by atoms with E-state index < -0.39 is 17.5 Å². The van der Waals surface area contributed by atoms with Crippen LogP contribution in [0.5, 0.6) is 0 Å². The second-order valence-electron chi connectivity index (χ2n) is 5.20. The van der Waals surface area contributed by atoms with Crippen LogP contribution in [0.3, 0.4) is 0 Å². The Morgan fingerprint density at radius 1 is 1.40 bits per heavy atom. The molecule has 1 aliphatic heterocycles. The van der Waals surface area contributed by atoms with E-state index in [1.54, 1.807) is 6.92 Å². The van der Waals surface area contributed by atoms with E-state index in [0.717, 1.165) is 5.56 Å². The molecule has 0 spiro atoms. The lowest BCUT2D eigenvalue weighted by atomic mass is 9.77. The molecule has 108 valence electrons. The number of hydrogen-bond donors (Lipinski definition) is 1. The number of esters is 1. The maximum absolute atomic E-state index is 12.1. The summed E-state index contributed by atoms with van der Waals surface area (Å²) in [6, 6.07) is 9.65. The number of rotatable bonds is 6. The summed E-state index contributed by atoms with van der Waals surface area (Å²) in [5.74, 6) is -1.46. The molecule has 1 fully saturated rings. The summed E-state index contributed by atoms with van der Waals surface area (Å²) in [5, 5.41) is 10.8. The van der Waals surface area contributed by atoms with E-state index in [2.05, 4.69) is 0 Å². The largest absolute Gasteiger partial charge is 0.465 e. The zero-order chi connectivity index (χ0) is 14.6. The SMILES string of the molecule is CCC(=O)[C@](O)(CCc1ccccc1)[C@H]1CCOC1=O. The van der Waals surface area contributed by atoms with Gasteiger partial charge in [0.15, 0.2) is 5.78 Å². The van der Waals surface area contributed by atoms with Gasteiger partial charge in [-0.05, 0) is 24.8 Å². The van der Waals surface area contributed by atoms with Gasteiger partial charge < -0.3 is 9.84 Å². The van der Waals surface area contributed by atoms with Gasteiger partial charge in [0.25, 0.3) is 0 Å². The molecule has 1 N–H and O–H groups in total. The molecule has 2 atom stereocenters. The van der Waals surface area contributed by atoms with E-state index in [1.807, 2.05) is 30.3 Å². The summed E-state index contributed by atoms with van der Waals surface area (Å²) in [6.07, 6.45) is 1.45. The number of benzene rings is 1. The van der Waals surface area contributed by atoms with Crippen LogP contribution in [0.2, 0.25) is 0 Å². The lowest BCUT2D eigenvalue weighted by Gasteiger charge is -2.30. The molecule has 0 amide bonds. The first kappa shape index (κ1) is 14.7. The highest BCUT2D eigenvalue weighted by Crippen LogP contribution is 2.33. The van der Waals surface area contributed by atoms with Crippen molar-refractivity contribution in [3.8, 4) is 0 Å². The summed E-state index contributed by atoms with van der Waals surface area (Å²) < 4.78 is 4.91. The molecule has 20 heavy (non-hydrogen) atoms. The molecule has 2 rings (SSSR count). The quantitative estimate of drug-likeness (QED) is 0.806. The minimum atomic E-state index is -1.60. The van der Waals surface area contributed by atoms with Crippen LogP contribution < -0.4 is 0 Å². The van der Waals surface area contributed by atoms with E-state index in [9.17, 15) is 14.7 Å². The summed E-state index contributed by atoms with van der Waals surface area (Å²) in [7, 11) is 0. The summed E-state index contributed by atoms with van der Waals surface area (Å²) >= 11 is 0. The third-order valence-corrected chi connectivity index (χ3v) is 3.95. The van der Waals surface area contributed by atoms with Gasteiger partial charge in [-0.3, -0.25) is 9.59 Å². The number of ketones is 1. The van der Waals surface area contributed by atoms with Crippen molar-refractivity contribution in [3.63, 3.8) is 0 Å². The van der Waals surface area contributed by atoms with E-state index in [0.29, 0.717) is 12.8 Å². The van der Waals surface area contributed by atoms with E-state index in [-0.39, 0.29) is 25.2 Å². The molecule has 0 unspecified atom stereocenters. The van der Waals surface area contributed by atoms with Crippen molar-refractivity contribution in [3.05, 3.63) is 35.9 Å². The third kappa shape index (κ3) is 2.90. The normalized spacial score (nSPS) is 21.3. The number of Topliss-reactive ketones (excluding diaryl/α,β-unsaturated/α-hetero) is 1. The van der Waals surface area contributed by atoms with Gasteiger partial charge in [-0.2, -0.15) is 0 Å². The van der Waals surface area contributed by atoms with Crippen molar-refractivity contribution in [2.24, 2.45) is 5.92 Å². The molecule has 1 aliphatic rings. The van der Waals surface area contributed by atoms with Gasteiger partial charge in [-0.15, -0.1) is 0 Å². The highest BCUT2D eigenvalue weighted by Gasteiger charge is 2.49. The molecule has 1 heterocycles. The van der Waals surface area contributed by atoms with Crippen LogP contribution in [-0.4, -0.2) is 29.1 Å². The standard InChI is InChI=1S/C16H20O4/c1-2-14(17)16(19,13-9-11-20-15(13)18)10-8-12-6-4-3-5-7-12/h3-7,13,19H,2,8-11H2,1H3/t13-,16-/m0/s1. The molecule has 0 aliphatic carbocycles. The van der Waals surface area contributed by atoms with Gasteiger partial charge in [0.1, 0.15) is 5.60 Å². The van der Waals surface area contributed by atoms with Gasteiger partial charge in [0.05, 0.1) is 12.5 Å². The molecule has 1 saturated heterocycles. The first-order chi connectivity index (χ1) is 9.58. The highest BCUT2D eigenvalue weighted by atomic mass is 16.5. The number of aliphatic hydroxyl groups is 1. The molecule has 0 radical (unpaired) electrons. The lowest BCUT2D eigenvalue weighted by Crippen LogP contribution is -2.48. The Hall–Kier alpha value is -1.68. The molecular formula is C16H20O4. The third-order valence-electron chi connectivity index (χ3n) is 3.95. The Kier molecular flexibility index (Phi) is 4.55. The molecule has 1 aromatic rings. The van der Waals surface area contributed by atoms with Crippen LogP contribution >= 0.6 is 0 Å². The van der Waals surface area contributed by atoms with Gasteiger partial charge in [0.2, 0.25) is 0 Å². The molecule has 0 saturated carbocycles. The Labute approximate surface area is 118 Å². The summed E-state index contributed by atoms with van der Waals surface area (Å²) in [5.41, 5.74) is -0.556.